The van der Waals surface area contributed by atoms with Crippen LogP contribution in [0.4, 0.5) is 11.4 Å². The van der Waals surface area contributed by atoms with Gasteiger partial charge in [-0.25, -0.2) is 4.98 Å². The minimum atomic E-state index is -0.433. The van der Waals surface area contributed by atoms with Gasteiger partial charge in [-0.15, -0.1) is 53.8 Å². The first kappa shape index (κ1) is 54.1. The number of aromatic nitrogens is 2. The number of para-hydroxylation sites is 1. The second-order valence-corrected chi connectivity index (χ2v) is 24.3. The van der Waals surface area contributed by atoms with Crippen molar-refractivity contribution in [1.82, 2.24) is 9.55 Å². The molecule has 10 rings (SSSR count). The van der Waals surface area contributed by atoms with Crippen molar-refractivity contribution < 1.29 is 25.8 Å². The van der Waals surface area contributed by atoms with Gasteiger partial charge in [0.2, 0.25) is 0 Å². The normalized spacial score (nSPS) is 13.5. The second-order valence-electron chi connectivity index (χ2n) is 24.3. The quantitative estimate of drug-likeness (QED) is 0.114. The first-order valence-corrected chi connectivity index (χ1v) is 26.8. The van der Waals surface area contributed by atoms with E-state index in [1.165, 1.54) is 44.6 Å². The zero-order chi connectivity index (χ0) is 53.2. The van der Waals surface area contributed by atoms with Gasteiger partial charge < -0.3 is 19.1 Å². The SMILES string of the molecule is CC(C)c1cccc(C(C)C)c1-c1cc(Oc2[c-]c3c(c(C(C)(C)c4ccccc4)c2)c2ccccc2n3-c2cc(C(C)(C)C)ccn2)[c-]c(N2C=C(C(C)(C)C)N(c3cccc(C(C)(C)c4ccccc4)c3)[CH-]2)c1.[Pt]. The van der Waals surface area contributed by atoms with E-state index in [9.17, 15) is 0 Å². The topological polar surface area (TPSA) is 33.5 Å². The molecule has 6 heteroatoms. The van der Waals surface area contributed by atoms with E-state index in [2.05, 4.69) is 294 Å². The number of pyridine rings is 1. The van der Waals surface area contributed by atoms with Crippen LogP contribution in [0.25, 0.3) is 38.8 Å². The van der Waals surface area contributed by atoms with Gasteiger partial charge in [0.15, 0.2) is 0 Å². The molecule has 5 nitrogen and oxygen atoms in total. The summed E-state index contributed by atoms with van der Waals surface area (Å²) in [4.78, 5) is 9.66. The van der Waals surface area contributed by atoms with E-state index in [0.29, 0.717) is 11.5 Å². The van der Waals surface area contributed by atoms with Crippen LogP contribution in [0.1, 0.15) is 148 Å². The van der Waals surface area contributed by atoms with Crippen LogP contribution >= 0.6 is 0 Å². The van der Waals surface area contributed by atoms with Crippen LogP contribution in [0.2, 0.25) is 0 Å². The fourth-order valence-electron chi connectivity index (χ4n) is 11.0. The molecule has 0 saturated carbocycles. The summed E-state index contributed by atoms with van der Waals surface area (Å²) in [5, 5.41) is 2.27. The van der Waals surface area contributed by atoms with Gasteiger partial charge in [-0.3, -0.25) is 0 Å². The van der Waals surface area contributed by atoms with Gasteiger partial charge in [0, 0.05) is 66.5 Å². The molecule has 9 aromatic rings. The molecule has 392 valence electrons. The number of fused-ring (bicyclic) bond motifs is 3. The summed E-state index contributed by atoms with van der Waals surface area (Å²) >= 11 is 0. The Bertz CT molecular complexity index is 3560. The molecule has 0 N–H and O–H groups in total. The van der Waals surface area contributed by atoms with Crippen LogP contribution in [0.3, 0.4) is 0 Å². The average Bonchev–Trinajstić information content (AvgIpc) is 4.00. The number of hydrogen-bond donors (Lipinski definition) is 0. The van der Waals surface area contributed by atoms with Gasteiger partial charge in [0.1, 0.15) is 5.82 Å². The third-order valence-corrected chi connectivity index (χ3v) is 15.5. The largest absolute Gasteiger partial charge is 0.509 e. The molecule has 0 saturated heterocycles. The van der Waals surface area contributed by atoms with E-state index in [0.717, 1.165) is 50.1 Å². The molecule has 7 aromatic carbocycles. The first-order valence-electron chi connectivity index (χ1n) is 26.8. The minimum Gasteiger partial charge on any atom is -0.509 e. The molecule has 0 fully saturated rings. The maximum absolute atomic E-state index is 7.37. The molecule has 0 spiro atoms. The minimum absolute atomic E-state index is 0. The zero-order valence-corrected chi connectivity index (χ0v) is 49.2. The molecule has 0 amide bonds. The van der Waals surface area contributed by atoms with Crippen molar-refractivity contribution in [2.24, 2.45) is 5.41 Å². The summed E-state index contributed by atoms with van der Waals surface area (Å²) < 4.78 is 9.64. The van der Waals surface area contributed by atoms with E-state index in [-0.39, 0.29) is 49.1 Å². The number of ether oxygens (including phenoxy) is 1. The van der Waals surface area contributed by atoms with Crippen molar-refractivity contribution in [1.29, 1.82) is 0 Å². The first-order chi connectivity index (χ1) is 35.6. The van der Waals surface area contributed by atoms with E-state index in [1.54, 1.807) is 0 Å². The predicted molar refractivity (Wildman–Crippen MR) is 315 cm³/mol. The van der Waals surface area contributed by atoms with Crippen LogP contribution in [0.15, 0.2) is 176 Å². The third kappa shape index (κ3) is 10.2. The molecular weight excluding hydrogens is 1110 g/mol. The molecule has 0 radical (unpaired) electrons. The molecule has 76 heavy (non-hydrogen) atoms. The van der Waals surface area contributed by atoms with Gasteiger partial charge in [-0.05, 0) is 104 Å². The van der Waals surface area contributed by atoms with E-state index >= 15 is 0 Å². The molecule has 1 aliphatic heterocycles. The Hall–Kier alpha value is -6.68. The Morgan fingerprint density at radius 1 is 0.553 bits per heavy atom. The summed E-state index contributed by atoms with van der Waals surface area (Å²) in [5.74, 6) is 2.63. The molecule has 2 aromatic heterocycles. The van der Waals surface area contributed by atoms with Crippen molar-refractivity contribution in [3.05, 3.63) is 234 Å². The van der Waals surface area contributed by atoms with Crippen LogP contribution in [0, 0.1) is 24.2 Å². The molecule has 0 unspecified atom stereocenters. The monoisotopic (exact) mass is 1180 g/mol. The van der Waals surface area contributed by atoms with E-state index in [4.69, 9.17) is 9.72 Å². The Balaban J connectivity index is 0.00000706. The van der Waals surface area contributed by atoms with Crippen molar-refractivity contribution >= 4 is 33.2 Å². The predicted octanol–water partition coefficient (Wildman–Crippen LogP) is 18.8. The summed E-state index contributed by atoms with van der Waals surface area (Å²) in [5.41, 5.74) is 15.2. The molecule has 0 atom stereocenters. The second kappa shape index (κ2) is 20.7. The van der Waals surface area contributed by atoms with Crippen LogP contribution in [-0.2, 0) is 37.3 Å². The van der Waals surface area contributed by atoms with Crippen LogP contribution < -0.4 is 14.5 Å². The van der Waals surface area contributed by atoms with Gasteiger partial charge >= 0.3 is 0 Å². The van der Waals surface area contributed by atoms with Crippen molar-refractivity contribution in [2.45, 2.75) is 125 Å². The standard InChI is InChI=1S/C70H73N4O.Pt/c1-46(2)57-32-24-33-58(47(3)4)65(57)48-37-54(72-44-63(68(8,9)10)73(45-72)53-30-23-29-52(39-53)69(11,12)49-25-17-15-18-26-49)41-55(38-48)75-56-42-60(70(13,14)50-27-19-16-20-28-50)66-59-31-21-22-34-61(59)74(62(66)43-56)64-40-51(35-36-71-64)67(5,6)7;/h15-40,42,44-47H,1-14H3;/q-3;. The maximum atomic E-state index is 7.37. The van der Waals surface area contributed by atoms with Crippen molar-refractivity contribution in [3.63, 3.8) is 0 Å². The Morgan fingerprint density at radius 2 is 1.14 bits per heavy atom. The van der Waals surface area contributed by atoms with Gasteiger partial charge in [0.05, 0.1) is 0 Å². The fraction of sp³-hybridized carbons (Fsp3) is 0.286. The Morgan fingerprint density at radius 3 is 1.78 bits per heavy atom. The van der Waals surface area contributed by atoms with E-state index in [1.807, 2.05) is 6.20 Å². The van der Waals surface area contributed by atoms with Crippen molar-refractivity contribution in [2.75, 3.05) is 9.80 Å². The van der Waals surface area contributed by atoms with Crippen LogP contribution in [-0.4, -0.2) is 9.55 Å². The third-order valence-electron chi connectivity index (χ3n) is 15.5. The average molecular weight is 1180 g/mol. The number of allylic oxidation sites excluding steroid dienone is 1. The zero-order valence-electron chi connectivity index (χ0n) is 46.9. The van der Waals surface area contributed by atoms with Gasteiger partial charge in [-0.1, -0.05) is 217 Å². The van der Waals surface area contributed by atoms with Gasteiger partial charge in [0.25, 0.3) is 0 Å². The summed E-state index contributed by atoms with van der Waals surface area (Å²) in [6.07, 6.45) is 4.22. The fourth-order valence-corrected chi connectivity index (χ4v) is 11.0. The van der Waals surface area contributed by atoms with Gasteiger partial charge in [-0.2, -0.15) is 0 Å². The molecule has 0 bridgehead atoms. The number of rotatable bonds is 12. The Kier molecular flexibility index (Phi) is 14.7. The molecule has 1 aliphatic rings. The van der Waals surface area contributed by atoms with Crippen LogP contribution in [0.5, 0.6) is 11.5 Å². The maximum Gasteiger partial charge on any atom is 0.135 e. The smallest absolute Gasteiger partial charge is 0.135 e. The Labute approximate surface area is 467 Å². The molecular formula is C70H73N4OPt-3. The molecule has 0 aliphatic carbocycles. The van der Waals surface area contributed by atoms with Crippen molar-refractivity contribution in [3.8, 4) is 28.4 Å². The van der Waals surface area contributed by atoms with E-state index < -0.39 is 5.41 Å². The summed E-state index contributed by atoms with van der Waals surface area (Å²) in [6, 6.07) is 64.9. The molecule has 3 heterocycles. The summed E-state index contributed by atoms with van der Waals surface area (Å²) in [6.45, 7) is 34.3. The number of benzene rings is 7. The summed E-state index contributed by atoms with van der Waals surface area (Å²) in [7, 11) is 0. The number of anilines is 2. The number of hydrogen-bond acceptors (Lipinski definition) is 4. The number of nitrogens with zero attached hydrogens (tertiary/aromatic N) is 4.